The monoisotopic (exact) mass is 164 g/mol. The molecule has 0 spiro atoms. The summed E-state index contributed by atoms with van der Waals surface area (Å²) in [6.45, 7) is 3.48. The van der Waals surface area contributed by atoms with Gasteiger partial charge in [-0.25, -0.2) is 0 Å². The third-order valence-corrected chi connectivity index (χ3v) is 1.69. The van der Waals surface area contributed by atoms with Crippen molar-refractivity contribution < 1.29 is 4.79 Å². The van der Waals surface area contributed by atoms with Gasteiger partial charge in [-0.15, -0.1) is 0 Å². The minimum Gasteiger partial charge on any atom is -0.321 e. The summed E-state index contributed by atoms with van der Waals surface area (Å²) in [6, 6.07) is 3.03. The van der Waals surface area contributed by atoms with Crippen LogP contribution in [0.25, 0.3) is 0 Å². The SMILES string of the molecule is Cc1ncccc1C(=O)C(C)N. The fourth-order valence-corrected chi connectivity index (χ4v) is 0.990. The maximum absolute atomic E-state index is 11.4. The summed E-state index contributed by atoms with van der Waals surface area (Å²) in [6.07, 6.45) is 1.66. The van der Waals surface area contributed by atoms with E-state index < -0.39 is 6.04 Å². The van der Waals surface area contributed by atoms with Crippen molar-refractivity contribution >= 4 is 5.78 Å². The van der Waals surface area contributed by atoms with Crippen molar-refractivity contribution in [2.75, 3.05) is 0 Å². The molecule has 0 saturated heterocycles. The predicted molar refractivity (Wildman–Crippen MR) is 47.0 cm³/mol. The first-order valence-electron chi connectivity index (χ1n) is 3.84. The van der Waals surface area contributed by atoms with Gasteiger partial charge in [0.25, 0.3) is 0 Å². The minimum atomic E-state index is -0.451. The van der Waals surface area contributed by atoms with Crippen molar-refractivity contribution in [3.8, 4) is 0 Å². The minimum absolute atomic E-state index is 0.0550. The molecule has 1 heterocycles. The fraction of sp³-hybridized carbons (Fsp3) is 0.333. The molecule has 1 rings (SSSR count). The molecule has 0 fully saturated rings. The fourth-order valence-electron chi connectivity index (χ4n) is 0.990. The number of rotatable bonds is 2. The van der Waals surface area contributed by atoms with E-state index in [1.54, 1.807) is 32.2 Å². The smallest absolute Gasteiger partial charge is 0.181 e. The maximum Gasteiger partial charge on any atom is 0.181 e. The van der Waals surface area contributed by atoms with Crippen molar-refractivity contribution in [3.05, 3.63) is 29.6 Å². The molecule has 0 radical (unpaired) electrons. The van der Waals surface area contributed by atoms with Crippen LogP contribution < -0.4 is 5.73 Å². The molecule has 0 saturated carbocycles. The van der Waals surface area contributed by atoms with Crippen LogP contribution in [0.15, 0.2) is 18.3 Å². The third kappa shape index (κ3) is 1.68. The average molecular weight is 164 g/mol. The second kappa shape index (κ2) is 3.45. The summed E-state index contributed by atoms with van der Waals surface area (Å²) in [5, 5.41) is 0. The van der Waals surface area contributed by atoms with Gasteiger partial charge in [0, 0.05) is 17.5 Å². The van der Waals surface area contributed by atoms with E-state index >= 15 is 0 Å². The van der Waals surface area contributed by atoms with Crippen LogP contribution in [-0.4, -0.2) is 16.8 Å². The second-order valence-electron chi connectivity index (χ2n) is 2.79. The molecule has 1 aromatic heterocycles. The van der Waals surface area contributed by atoms with Gasteiger partial charge in [0.1, 0.15) is 0 Å². The highest BCUT2D eigenvalue weighted by atomic mass is 16.1. The molecule has 1 aromatic rings. The Morgan fingerprint density at radius 3 is 2.83 bits per heavy atom. The number of nitrogens with zero attached hydrogens (tertiary/aromatic N) is 1. The van der Waals surface area contributed by atoms with Crippen LogP contribution in [0.3, 0.4) is 0 Å². The highest BCUT2D eigenvalue weighted by Gasteiger charge is 2.12. The number of hydrogen-bond donors (Lipinski definition) is 1. The number of hydrogen-bond acceptors (Lipinski definition) is 3. The average Bonchev–Trinajstić information content (AvgIpc) is 2.04. The molecule has 0 amide bonds. The van der Waals surface area contributed by atoms with Crippen molar-refractivity contribution in [1.82, 2.24) is 4.98 Å². The molecule has 0 bridgehead atoms. The van der Waals surface area contributed by atoms with Gasteiger partial charge in [-0.2, -0.15) is 0 Å². The molecule has 12 heavy (non-hydrogen) atoms. The van der Waals surface area contributed by atoms with Crippen LogP contribution in [0.4, 0.5) is 0 Å². The topological polar surface area (TPSA) is 56.0 Å². The number of ketones is 1. The number of carbonyl (C=O) groups excluding carboxylic acids is 1. The molecule has 0 aliphatic rings. The molecule has 64 valence electrons. The van der Waals surface area contributed by atoms with Crippen molar-refractivity contribution in [2.24, 2.45) is 5.73 Å². The number of pyridine rings is 1. The highest BCUT2D eigenvalue weighted by molar-refractivity contribution is 6.00. The molecule has 3 heteroatoms. The number of Topliss-reactive ketones (excluding diaryl/α,β-unsaturated/α-hetero) is 1. The largest absolute Gasteiger partial charge is 0.321 e. The Bertz CT molecular complexity index is 294. The van der Waals surface area contributed by atoms with Gasteiger partial charge >= 0.3 is 0 Å². The van der Waals surface area contributed by atoms with Crippen LogP contribution in [0.5, 0.6) is 0 Å². The lowest BCUT2D eigenvalue weighted by atomic mass is 10.1. The van der Waals surface area contributed by atoms with Gasteiger partial charge in [0.15, 0.2) is 5.78 Å². The van der Waals surface area contributed by atoms with E-state index in [1.165, 1.54) is 0 Å². The van der Waals surface area contributed by atoms with Crippen molar-refractivity contribution in [1.29, 1.82) is 0 Å². The number of aromatic nitrogens is 1. The van der Waals surface area contributed by atoms with Crippen molar-refractivity contribution in [2.45, 2.75) is 19.9 Å². The van der Waals surface area contributed by atoms with Gasteiger partial charge in [0.05, 0.1) is 6.04 Å². The third-order valence-electron chi connectivity index (χ3n) is 1.69. The Morgan fingerprint density at radius 1 is 1.67 bits per heavy atom. The molecule has 3 nitrogen and oxygen atoms in total. The molecule has 0 aliphatic heterocycles. The lowest BCUT2D eigenvalue weighted by molar-refractivity contribution is 0.0967. The molecule has 1 atom stereocenters. The summed E-state index contributed by atoms with van der Waals surface area (Å²) in [4.78, 5) is 15.4. The zero-order chi connectivity index (χ0) is 9.14. The molecule has 0 aromatic carbocycles. The van der Waals surface area contributed by atoms with E-state index in [2.05, 4.69) is 4.98 Å². The van der Waals surface area contributed by atoms with Gasteiger partial charge < -0.3 is 5.73 Å². The van der Waals surface area contributed by atoms with E-state index in [1.807, 2.05) is 0 Å². The van der Waals surface area contributed by atoms with Crippen LogP contribution >= 0.6 is 0 Å². The molecule has 0 aliphatic carbocycles. The van der Waals surface area contributed by atoms with Gasteiger partial charge in [-0.3, -0.25) is 9.78 Å². The normalized spacial score (nSPS) is 12.6. The number of carbonyl (C=O) groups is 1. The quantitative estimate of drug-likeness (QED) is 0.661. The van der Waals surface area contributed by atoms with Crippen LogP contribution in [0.1, 0.15) is 23.0 Å². The first kappa shape index (κ1) is 8.87. The van der Waals surface area contributed by atoms with Crippen LogP contribution in [0, 0.1) is 6.92 Å². The van der Waals surface area contributed by atoms with E-state index in [0.717, 1.165) is 5.69 Å². The lowest BCUT2D eigenvalue weighted by Gasteiger charge is -2.05. The summed E-state index contributed by atoms with van der Waals surface area (Å²) in [7, 11) is 0. The Hall–Kier alpha value is -1.22. The van der Waals surface area contributed by atoms with E-state index in [9.17, 15) is 4.79 Å². The summed E-state index contributed by atoms with van der Waals surface area (Å²) < 4.78 is 0. The van der Waals surface area contributed by atoms with Crippen LogP contribution in [-0.2, 0) is 0 Å². The van der Waals surface area contributed by atoms with E-state index in [4.69, 9.17) is 5.73 Å². The second-order valence-corrected chi connectivity index (χ2v) is 2.79. The molecular formula is C9H12N2O. The summed E-state index contributed by atoms with van der Waals surface area (Å²) in [5.41, 5.74) is 6.81. The van der Waals surface area contributed by atoms with Gasteiger partial charge in [-0.05, 0) is 26.0 Å². The van der Waals surface area contributed by atoms with Crippen LogP contribution in [0.2, 0.25) is 0 Å². The predicted octanol–water partition coefficient (Wildman–Crippen LogP) is 0.920. The molecule has 1 unspecified atom stereocenters. The lowest BCUT2D eigenvalue weighted by Crippen LogP contribution is -2.27. The number of nitrogens with two attached hydrogens (primary N) is 1. The standard InChI is InChI=1S/C9H12N2O/c1-6(10)9(12)8-4-3-5-11-7(8)2/h3-6H,10H2,1-2H3. The van der Waals surface area contributed by atoms with E-state index in [-0.39, 0.29) is 5.78 Å². The van der Waals surface area contributed by atoms with Gasteiger partial charge in [0.2, 0.25) is 0 Å². The van der Waals surface area contributed by atoms with E-state index in [0.29, 0.717) is 5.56 Å². The zero-order valence-electron chi connectivity index (χ0n) is 7.24. The zero-order valence-corrected chi connectivity index (χ0v) is 7.24. The highest BCUT2D eigenvalue weighted by Crippen LogP contribution is 2.05. The van der Waals surface area contributed by atoms with Gasteiger partial charge in [-0.1, -0.05) is 0 Å². The first-order chi connectivity index (χ1) is 5.63. The maximum atomic E-state index is 11.4. The Labute approximate surface area is 71.6 Å². The molecular weight excluding hydrogens is 152 g/mol. The Morgan fingerprint density at radius 2 is 2.33 bits per heavy atom. The van der Waals surface area contributed by atoms with Crippen molar-refractivity contribution in [3.63, 3.8) is 0 Å². The Balaban J connectivity index is 3.03. The molecule has 2 N–H and O–H groups in total. The summed E-state index contributed by atoms with van der Waals surface area (Å²) >= 11 is 0. The summed E-state index contributed by atoms with van der Waals surface area (Å²) in [5.74, 6) is -0.0550. The number of aryl methyl sites for hydroxylation is 1. The first-order valence-corrected chi connectivity index (χ1v) is 3.84. The Kier molecular flexibility index (Phi) is 2.55.